The second-order valence-electron chi connectivity index (χ2n) is 4.30. The van der Waals surface area contributed by atoms with Crippen molar-refractivity contribution >= 4 is 17.7 Å². The number of hydrogen-bond donors (Lipinski definition) is 3. The third kappa shape index (κ3) is 1.27. The van der Waals surface area contributed by atoms with Crippen molar-refractivity contribution in [2.45, 2.75) is 18.8 Å². The van der Waals surface area contributed by atoms with E-state index in [4.69, 9.17) is 0 Å². The summed E-state index contributed by atoms with van der Waals surface area (Å²) in [6, 6.07) is 8.74. The van der Waals surface area contributed by atoms with Crippen LogP contribution in [0.1, 0.15) is 6.92 Å². The second kappa shape index (κ2) is 3.13. The summed E-state index contributed by atoms with van der Waals surface area (Å²) in [6.45, 7) is 1.81. The van der Waals surface area contributed by atoms with Crippen LogP contribution < -0.4 is 20.9 Å². The van der Waals surface area contributed by atoms with E-state index in [1.54, 1.807) is 11.8 Å². The summed E-state index contributed by atoms with van der Waals surface area (Å²) < 4.78 is 0. The molecule has 0 saturated carbocycles. The van der Waals surface area contributed by atoms with E-state index in [9.17, 15) is 9.59 Å². The molecule has 2 aliphatic heterocycles. The van der Waals surface area contributed by atoms with E-state index in [0.29, 0.717) is 0 Å². The molecule has 0 spiro atoms. The minimum absolute atomic E-state index is 0.226. The third-order valence-corrected chi connectivity index (χ3v) is 3.15. The molecule has 0 radical (unpaired) electrons. The number of nitrogens with zero attached hydrogens (tertiary/aromatic N) is 1. The summed E-state index contributed by atoms with van der Waals surface area (Å²) in [5, 5.41) is 8.15. The summed E-state index contributed by atoms with van der Waals surface area (Å²) in [5.74, 6) is 0. The monoisotopic (exact) mass is 232 g/mol. The highest BCUT2D eigenvalue weighted by Gasteiger charge is 2.55. The van der Waals surface area contributed by atoms with Gasteiger partial charge in [-0.3, -0.25) is 4.90 Å². The minimum atomic E-state index is -0.768. The van der Waals surface area contributed by atoms with Gasteiger partial charge in [0.05, 0.1) is 0 Å². The van der Waals surface area contributed by atoms with Crippen molar-refractivity contribution in [1.82, 2.24) is 16.0 Å². The van der Waals surface area contributed by atoms with Gasteiger partial charge >= 0.3 is 12.1 Å². The quantitative estimate of drug-likeness (QED) is 0.662. The molecule has 4 amide bonds. The molecular formula is C11H12N4O2. The van der Waals surface area contributed by atoms with E-state index in [0.717, 1.165) is 5.69 Å². The van der Waals surface area contributed by atoms with Gasteiger partial charge < -0.3 is 16.0 Å². The standard InChI is InChI=1S/C11H12N4O2/c1-11-8(12-9(16)14-11)13-10(17)15(11)7-5-3-2-4-6-7/h2-6,8H,1H3,(H,13,17)(H2,12,14,16). The smallest absolute Gasteiger partial charge is 0.314 e. The molecular weight excluding hydrogens is 220 g/mol. The zero-order valence-corrected chi connectivity index (χ0v) is 9.23. The molecule has 88 valence electrons. The van der Waals surface area contributed by atoms with Crippen LogP contribution in [0, 0.1) is 0 Å². The number of fused-ring (bicyclic) bond motifs is 1. The first-order valence-electron chi connectivity index (χ1n) is 5.36. The fourth-order valence-electron chi connectivity index (χ4n) is 2.33. The van der Waals surface area contributed by atoms with Crippen LogP contribution in [0.5, 0.6) is 0 Å². The van der Waals surface area contributed by atoms with Gasteiger partial charge in [-0.1, -0.05) is 18.2 Å². The Morgan fingerprint density at radius 1 is 1.18 bits per heavy atom. The second-order valence-corrected chi connectivity index (χ2v) is 4.30. The van der Waals surface area contributed by atoms with Gasteiger partial charge in [0, 0.05) is 5.69 Å². The predicted octanol–water partition coefficient (Wildman–Crippen LogP) is 0.571. The number of nitrogens with one attached hydrogen (secondary N) is 3. The Balaban J connectivity index is 2.04. The largest absolute Gasteiger partial charge is 0.325 e. The molecule has 1 aromatic rings. The fourth-order valence-corrected chi connectivity index (χ4v) is 2.33. The maximum absolute atomic E-state index is 11.9. The Morgan fingerprint density at radius 2 is 1.88 bits per heavy atom. The molecule has 6 nitrogen and oxygen atoms in total. The Hall–Kier alpha value is -2.24. The van der Waals surface area contributed by atoms with Gasteiger partial charge in [0.1, 0.15) is 6.17 Å². The number of rotatable bonds is 1. The lowest BCUT2D eigenvalue weighted by atomic mass is 10.1. The number of anilines is 1. The van der Waals surface area contributed by atoms with Crippen LogP contribution in [-0.4, -0.2) is 23.9 Å². The van der Waals surface area contributed by atoms with Gasteiger partial charge in [-0.05, 0) is 19.1 Å². The van der Waals surface area contributed by atoms with Crippen LogP contribution in [0.25, 0.3) is 0 Å². The number of amides is 4. The van der Waals surface area contributed by atoms with Crippen LogP contribution >= 0.6 is 0 Å². The van der Waals surface area contributed by atoms with E-state index >= 15 is 0 Å². The molecule has 3 N–H and O–H groups in total. The van der Waals surface area contributed by atoms with E-state index in [1.807, 2.05) is 30.3 Å². The topological polar surface area (TPSA) is 73.5 Å². The summed E-state index contributed by atoms with van der Waals surface area (Å²) in [7, 11) is 0. The number of hydrogen-bond acceptors (Lipinski definition) is 2. The zero-order chi connectivity index (χ0) is 12.0. The fraction of sp³-hybridized carbons (Fsp3) is 0.273. The maximum Gasteiger partial charge on any atom is 0.325 e. The average molecular weight is 232 g/mol. The van der Waals surface area contributed by atoms with Gasteiger partial charge in [-0.2, -0.15) is 0 Å². The van der Waals surface area contributed by atoms with Gasteiger partial charge in [0.15, 0.2) is 5.66 Å². The number of carbonyl (C=O) groups excluding carboxylic acids is 2. The highest BCUT2D eigenvalue weighted by Crippen LogP contribution is 2.31. The van der Waals surface area contributed by atoms with Crippen molar-refractivity contribution in [1.29, 1.82) is 0 Å². The van der Waals surface area contributed by atoms with E-state index in [2.05, 4.69) is 16.0 Å². The van der Waals surface area contributed by atoms with Crippen molar-refractivity contribution < 1.29 is 9.59 Å². The van der Waals surface area contributed by atoms with Gasteiger partial charge in [0.2, 0.25) is 0 Å². The molecule has 3 rings (SSSR count). The number of para-hydroxylation sites is 1. The van der Waals surface area contributed by atoms with E-state index in [-0.39, 0.29) is 12.1 Å². The molecule has 2 unspecified atom stereocenters. The molecule has 2 atom stereocenters. The Labute approximate surface area is 98.0 Å². The van der Waals surface area contributed by atoms with Crippen LogP contribution in [0.2, 0.25) is 0 Å². The molecule has 2 fully saturated rings. The van der Waals surface area contributed by atoms with Crippen molar-refractivity contribution in [2.75, 3.05) is 4.90 Å². The molecule has 6 heteroatoms. The number of benzene rings is 1. The molecule has 0 aliphatic carbocycles. The SMILES string of the molecule is CC12NC(=O)NC1NC(=O)N2c1ccccc1. The third-order valence-electron chi connectivity index (χ3n) is 3.15. The van der Waals surface area contributed by atoms with E-state index in [1.165, 1.54) is 0 Å². The molecule has 2 heterocycles. The van der Waals surface area contributed by atoms with Gasteiger partial charge in [-0.25, -0.2) is 9.59 Å². The molecule has 2 saturated heterocycles. The zero-order valence-electron chi connectivity index (χ0n) is 9.23. The lowest BCUT2D eigenvalue weighted by Gasteiger charge is -2.31. The van der Waals surface area contributed by atoms with Crippen LogP contribution in [-0.2, 0) is 0 Å². The van der Waals surface area contributed by atoms with E-state index < -0.39 is 11.8 Å². The number of urea groups is 2. The van der Waals surface area contributed by atoms with Crippen LogP contribution in [0.3, 0.4) is 0 Å². The minimum Gasteiger partial charge on any atom is -0.314 e. The highest BCUT2D eigenvalue weighted by atomic mass is 16.2. The summed E-state index contributed by atoms with van der Waals surface area (Å²) >= 11 is 0. The van der Waals surface area contributed by atoms with Crippen molar-refractivity contribution in [2.24, 2.45) is 0 Å². The molecule has 0 aromatic heterocycles. The molecule has 0 bridgehead atoms. The summed E-state index contributed by atoms with van der Waals surface area (Å²) in [6.07, 6.45) is -0.414. The first-order valence-corrected chi connectivity index (χ1v) is 5.36. The predicted molar refractivity (Wildman–Crippen MR) is 61.3 cm³/mol. The lowest BCUT2D eigenvalue weighted by molar-refractivity contribution is 0.240. The Kier molecular flexibility index (Phi) is 1.83. The molecule has 1 aromatic carbocycles. The van der Waals surface area contributed by atoms with Gasteiger partial charge in [-0.15, -0.1) is 0 Å². The average Bonchev–Trinajstić information content (AvgIpc) is 2.67. The normalized spacial score (nSPS) is 30.6. The summed E-state index contributed by atoms with van der Waals surface area (Å²) in [5.41, 5.74) is -0.0193. The Bertz CT molecular complexity index is 490. The molecule has 17 heavy (non-hydrogen) atoms. The summed E-state index contributed by atoms with van der Waals surface area (Å²) in [4.78, 5) is 24.8. The lowest BCUT2D eigenvalue weighted by Crippen LogP contribution is -2.56. The Morgan fingerprint density at radius 3 is 2.59 bits per heavy atom. The first-order chi connectivity index (χ1) is 8.11. The maximum atomic E-state index is 11.9. The number of carbonyl (C=O) groups is 2. The van der Waals surface area contributed by atoms with Gasteiger partial charge in [0.25, 0.3) is 0 Å². The molecule has 2 aliphatic rings. The van der Waals surface area contributed by atoms with Crippen molar-refractivity contribution in [3.8, 4) is 0 Å². The highest BCUT2D eigenvalue weighted by molar-refractivity contribution is 5.99. The van der Waals surface area contributed by atoms with Crippen molar-refractivity contribution in [3.05, 3.63) is 30.3 Å². The van der Waals surface area contributed by atoms with Crippen LogP contribution in [0.15, 0.2) is 30.3 Å². The first kappa shape index (κ1) is 9.95. The van der Waals surface area contributed by atoms with Crippen LogP contribution in [0.4, 0.5) is 15.3 Å². The van der Waals surface area contributed by atoms with Crippen molar-refractivity contribution in [3.63, 3.8) is 0 Å².